The number of hydrogen-bond acceptors (Lipinski definition) is 5. The van der Waals surface area contributed by atoms with Crippen LogP contribution in [0.3, 0.4) is 0 Å². The number of aromatic carboxylic acids is 1. The number of anilines is 1. The van der Waals surface area contributed by atoms with Gasteiger partial charge in [0.2, 0.25) is 0 Å². The molecule has 0 aromatic heterocycles. The zero-order valence-corrected chi connectivity index (χ0v) is 14.3. The molecule has 0 saturated heterocycles. The van der Waals surface area contributed by atoms with Crippen LogP contribution in [0.5, 0.6) is 5.75 Å². The van der Waals surface area contributed by atoms with Crippen LogP contribution in [0.25, 0.3) is 0 Å². The van der Waals surface area contributed by atoms with Crippen LogP contribution in [0.4, 0.5) is 10.5 Å². The number of nitrogens with two attached hydrogens (primary N) is 1. The summed E-state index contributed by atoms with van der Waals surface area (Å²) in [5.41, 5.74) is 5.84. The molecular weight excluding hydrogens is 310 g/mol. The number of rotatable bonds is 11. The van der Waals surface area contributed by atoms with E-state index >= 15 is 0 Å². The Morgan fingerprint density at radius 2 is 1.67 bits per heavy atom. The Morgan fingerprint density at radius 3 is 2.29 bits per heavy atom. The number of ether oxygens (including phenoxy) is 2. The summed E-state index contributed by atoms with van der Waals surface area (Å²) < 4.78 is 9.94. The number of carbonyl (C=O) groups is 2. The van der Waals surface area contributed by atoms with Gasteiger partial charge in [0.1, 0.15) is 0 Å². The number of carbonyl (C=O) groups excluding carboxylic acids is 1. The molecule has 1 aromatic carbocycles. The molecule has 0 aliphatic heterocycles. The van der Waals surface area contributed by atoms with Gasteiger partial charge < -0.3 is 20.3 Å². The van der Waals surface area contributed by atoms with Crippen LogP contribution in [0, 0.1) is 0 Å². The van der Waals surface area contributed by atoms with Crippen LogP contribution in [-0.2, 0) is 4.74 Å². The Labute approximate surface area is 142 Å². The molecule has 0 atom stereocenters. The second-order valence-corrected chi connectivity index (χ2v) is 5.73. The van der Waals surface area contributed by atoms with Crippen LogP contribution in [0.15, 0.2) is 18.2 Å². The van der Waals surface area contributed by atoms with E-state index in [0.717, 1.165) is 19.3 Å². The highest BCUT2D eigenvalue weighted by Crippen LogP contribution is 2.23. The standard InChI is InChI=1S/C18H27NO5/c1-2-3-4-5-6-7-8-9-12-23-18(22)24-16-13-14(17(20)21)10-11-15(16)19/h10-11,13H,2-9,12,19H2,1H3,(H,20,21). The van der Waals surface area contributed by atoms with E-state index in [2.05, 4.69) is 6.92 Å². The minimum atomic E-state index is -1.12. The minimum Gasteiger partial charge on any atom is -0.478 e. The van der Waals surface area contributed by atoms with Gasteiger partial charge in [0, 0.05) is 0 Å². The molecule has 0 heterocycles. The summed E-state index contributed by atoms with van der Waals surface area (Å²) in [5.74, 6) is -1.12. The van der Waals surface area contributed by atoms with Crippen molar-refractivity contribution in [3.8, 4) is 5.75 Å². The summed E-state index contributed by atoms with van der Waals surface area (Å²) in [6.07, 6.45) is 8.36. The Kier molecular flexibility index (Phi) is 9.34. The number of hydrogen-bond donors (Lipinski definition) is 2. The molecule has 0 spiro atoms. The molecule has 0 fully saturated rings. The van der Waals surface area contributed by atoms with E-state index < -0.39 is 12.1 Å². The average Bonchev–Trinajstić information content (AvgIpc) is 2.55. The van der Waals surface area contributed by atoms with Gasteiger partial charge in [-0.25, -0.2) is 9.59 Å². The van der Waals surface area contributed by atoms with Gasteiger partial charge in [0.05, 0.1) is 17.9 Å². The molecular formula is C18H27NO5. The molecule has 6 heteroatoms. The minimum absolute atomic E-state index is 0.00387. The van der Waals surface area contributed by atoms with E-state index in [1.807, 2.05) is 0 Å². The van der Waals surface area contributed by atoms with E-state index in [1.165, 1.54) is 50.3 Å². The monoisotopic (exact) mass is 337 g/mol. The van der Waals surface area contributed by atoms with Crippen molar-refractivity contribution in [3.63, 3.8) is 0 Å². The van der Waals surface area contributed by atoms with Crippen LogP contribution in [-0.4, -0.2) is 23.8 Å². The normalized spacial score (nSPS) is 10.4. The molecule has 3 N–H and O–H groups in total. The number of nitrogen functional groups attached to an aromatic ring is 1. The molecule has 1 aromatic rings. The van der Waals surface area contributed by atoms with Gasteiger partial charge in [-0.15, -0.1) is 0 Å². The fraction of sp³-hybridized carbons (Fsp3) is 0.556. The van der Waals surface area contributed by atoms with Crippen LogP contribution >= 0.6 is 0 Å². The molecule has 24 heavy (non-hydrogen) atoms. The van der Waals surface area contributed by atoms with Crippen molar-refractivity contribution in [3.05, 3.63) is 23.8 Å². The largest absolute Gasteiger partial charge is 0.513 e. The Bertz CT molecular complexity index is 530. The van der Waals surface area contributed by atoms with Gasteiger partial charge in [-0.05, 0) is 24.6 Å². The first kappa shape index (κ1) is 19.8. The molecule has 0 saturated carbocycles. The van der Waals surface area contributed by atoms with Crippen molar-refractivity contribution < 1.29 is 24.2 Å². The highest BCUT2D eigenvalue weighted by Gasteiger charge is 2.12. The van der Waals surface area contributed by atoms with E-state index in [-0.39, 0.29) is 23.6 Å². The third kappa shape index (κ3) is 7.85. The first-order chi connectivity index (χ1) is 11.5. The fourth-order valence-corrected chi connectivity index (χ4v) is 2.27. The Balaban J connectivity index is 2.20. The first-order valence-corrected chi connectivity index (χ1v) is 8.52. The summed E-state index contributed by atoms with van der Waals surface area (Å²) in [7, 11) is 0. The highest BCUT2D eigenvalue weighted by molar-refractivity contribution is 5.89. The number of unbranched alkanes of at least 4 members (excludes halogenated alkanes) is 7. The summed E-state index contributed by atoms with van der Waals surface area (Å²) in [5, 5.41) is 8.91. The maximum absolute atomic E-state index is 11.6. The van der Waals surface area contributed by atoms with Crippen LogP contribution in [0.2, 0.25) is 0 Å². The maximum Gasteiger partial charge on any atom is 0.513 e. The Morgan fingerprint density at radius 1 is 1.04 bits per heavy atom. The second-order valence-electron chi connectivity index (χ2n) is 5.73. The zero-order valence-electron chi connectivity index (χ0n) is 14.3. The summed E-state index contributed by atoms with van der Waals surface area (Å²) in [6.45, 7) is 2.48. The predicted octanol–water partition coefficient (Wildman–Crippen LogP) is 4.62. The van der Waals surface area contributed by atoms with Gasteiger partial charge in [-0.2, -0.15) is 0 Å². The lowest BCUT2D eigenvalue weighted by atomic mass is 10.1. The quantitative estimate of drug-likeness (QED) is 0.264. The van der Waals surface area contributed by atoms with Crippen molar-refractivity contribution in [1.82, 2.24) is 0 Å². The van der Waals surface area contributed by atoms with Gasteiger partial charge in [-0.3, -0.25) is 0 Å². The molecule has 0 bridgehead atoms. The smallest absolute Gasteiger partial charge is 0.478 e. The zero-order chi connectivity index (χ0) is 17.8. The van der Waals surface area contributed by atoms with E-state index in [4.69, 9.17) is 20.3 Å². The van der Waals surface area contributed by atoms with Gasteiger partial charge in [-0.1, -0.05) is 51.9 Å². The molecule has 0 aliphatic rings. The van der Waals surface area contributed by atoms with Gasteiger partial charge in [0.25, 0.3) is 0 Å². The second kappa shape index (κ2) is 11.3. The van der Waals surface area contributed by atoms with Crippen molar-refractivity contribution in [1.29, 1.82) is 0 Å². The number of carboxylic acids is 1. The molecule has 0 amide bonds. The van der Waals surface area contributed by atoms with Gasteiger partial charge in [0.15, 0.2) is 5.75 Å². The molecule has 0 radical (unpaired) electrons. The van der Waals surface area contributed by atoms with E-state index in [9.17, 15) is 9.59 Å². The molecule has 134 valence electrons. The SMILES string of the molecule is CCCCCCCCCCOC(=O)Oc1cc(C(=O)O)ccc1N. The van der Waals surface area contributed by atoms with Crippen molar-refractivity contribution >= 4 is 17.8 Å². The van der Waals surface area contributed by atoms with Crippen LogP contribution in [0.1, 0.15) is 68.6 Å². The van der Waals surface area contributed by atoms with Crippen molar-refractivity contribution in [2.75, 3.05) is 12.3 Å². The fourth-order valence-electron chi connectivity index (χ4n) is 2.27. The lowest BCUT2D eigenvalue weighted by molar-refractivity contribution is 0.0694. The average molecular weight is 337 g/mol. The van der Waals surface area contributed by atoms with Crippen molar-refractivity contribution in [2.45, 2.75) is 58.3 Å². The van der Waals surface area contributed by atoms with E-state index in [0.29, 0.717) is 0 Å². The summed E-state index contributed by atoms with van der Waals surface area (Å²) in [6, 6.07) is 3.93. The predicted molar refractivity (Wildman–Crippen MR) is 92.4 cm³/mol. The molecule has 0 aliphatic carbocycles. The summed E-state index contributed by atoms with van der Waals surface area (Å²) >= 11 is 0. The molecule has 6 nitrogen and oxygen atoms in total. The van der Waals surface area contributed by atoms with Gasteiger partial charge >= 0.3 is 12.1 Å². The van der Waals surface area contributed by atoms with Crippen LogP contribution < -0.4 is 10.5 Å². The molecule has 1 rings (SSSR count). The lowest BCUT2D eigenvalue weighted by Crippen LogP contribution is -2.13. The third-order valence-electron chi connectivity index (χ3n) is 3.67. The molecule has 0 unspecified atom stereocenters. The van der Waals surface area contributed by atoms with E-state index in [1.54, 1.807) is 0 Å². The lowest BCUT2D eigenvalue weighted by Gasteiger charge is -2.08. The number of benzene rings is 1. The Hall–Kier alpha value is -2.24. The number of carboxylic acid groups (broad SMARTS) is 1. The third-order valence-corrected chi connectivity index (χ3v) is 3.67. The first-order valence-electron chi connectivity index (χ1n) is 8.52. The maximum atomic E-state index is 11.6. The topological polar surface area (TPSA) is 98.8 Å². The van der Waals surface area contributed by atoms with Crippen molar-refractivity contribution in [2.24, 2.45) is 0 Å². The summed E-state index contributed by atoms with van der Waals surface area (Å²) in [4.78, 5) is 22.5. The highest BCUT2D eigenvalue weighted by atomic mass is 16.7.